The van der Waals surface area contributed by atoms with Gasteiger partial charge < -0.3 is 4.74 Å². The molecule has 0 aromatic heterocycles. The van der Waals surface area contributed by atoms with Crippen LogP contribution in [0.1, 0.15) is 28.4 Å². The second-order valence-electron chi connectivity index (χ2n) is 8.56. The molecule has 2 aliphatic rings. The maximum absolute atomic E-state index is 13.1. The van der Waals surface area contributed by atoms with Gasteiger partial charge >= 0.3 is 5.97 Å². The van der Waals surface area contributed by atoms with E-state index in [0.717, 1.165) is 26.7 Å². The third-order valence-electron chi connectivity index (χ3n) is 6.81. The molecule has 1 unspecified atom stereocenters. The fourth-order valence-electron chi connectivity index (χ4n) is 5.41. The van der Waals surface area contributed by atoms with Gasteiger partial charge in [0.15, 0.2) is 0 Å². The third-order valence-corrected chi connectivity index (χ3v) is 7.34. The first-order valence-corrected chi connectivity index (χ1v) is 11.9. The average molecular weight is 496 g/mol. The van der Waals surface area contributed by atoms with Gasteiger partial charge in [0, 0.05) is 4.47 Å². The first kappa shape index (κ1) is 20.4. The Bertz CT molecular complexity index is 1180. The fourth-order valence-corrected chi connectivity index (χ4v) is 5.68. The van der Waals surface area contributed by atoms with Crippen LogP contribution in [0.3, 0.4) is 0 Å². The highest BCUT2D eigenvalue weighted by Crippen LogP contribution is 2.58. The Hall–Kier alpha value is -3.21. The monoisotopic (exact) mass is 495 g/mol. The van der Waals surface area contributed by atoms with E-state index in [2.05, 4.69) is 93.6 Å². The number of ether oxygens (including phenoxy) is 1. The van der Waals surface area contributed by atoms with Gasteiger partial charge in [0.25, 0.3) is 0 Å². The Kier molecular flexibility index (Phi) is 4.93. The van der Waals surface area contributed by atoms with Gasteiger partial charge in [0.2, 0.25) is 0 Å². The van der Waals surface area contributed by atoms with Crippen molar-refractivity contribution in [2.24, 2.45) is 0 Å². The fraction of sp³-hybridized carbons (Fsp3) is 0.138. The van der Waals surface area contributed by atoms with Crippen LogP contribution in [0.15, 0.2) is 120 Å². The van der Waals surface area contributed by atoms with Gasteiger partial charge in [-0.05, 0) is 34.4 Å². The molecule has 4 aromatic carbocycles. The lowest BCUT2D eigenvalue weighted by molar-refractivity contribution is -0.147. The van der Waals surface area contributed by atoms with Crippen molar-refractivity contribution in [1.82, 2.24) is 4.90 Å². The highest BCUT2D eigenvalue weighted by molar-refractivity contribution is 9.10. The summed E-state index contributed by atoms with van der Waals surface area (Å²) in [6, 6.07) is 39.2. The molecule has 162 valence electrons. The topological polar surface area (TPSA) is 29.3 Å². The summed E-state index contributed by atoms with van der Waals surface area (Å²) in [7, 11) is 0. The van der Waals surface area contributed by atoms with E-state index in [1.807, 2.05) is 42.5 Å². The molecule has 0 bridgehead atoms. The zero-order chi connectivity index (χ0) is 22.4. The second kappa shape index (κ2) is 7.98. The molecule has 0 spiro atoms. The molecule has 6 rings (SSSR count). The molecule has 0 aliphatic carbocycles. The van der Waals surface area contributed by atoms with Crippen LogP contribution in [0, 0.1) is 0 Å². The first-order valence-electron chi connectivity index (χ1n) is 11.1. The quantitative estimate of drug-likeness (QED) is 0.190. The van der Waals surface area contributed by atoms with E-state index in [1.165, 1.54) is 0 Å². The largest absolute Gasteiger partial charge is 0.455 e. The number of benzene rings is 4. The highest BCUT2D eigenvalue weighted by Gasteiger charge is 2.71. The van der Waals surface area contributed by atoms with Crippen molar-refractivity contribution in [3.63, 3.8) is 0 Å². The summed E-state index contributed by atoms with van der Waals surface area (Å²) in [5.41, 5.74) is 3.83. The number of rotatable bonds is 5. The van der Waals surface area contributed by atoms with Crippen molar-refractivity contribution in [3.05, 3.63) is 142 Å². The van der Waals surface area contributed by atoms with Crippen LogP contribution in [0.5, 0.6) is 0 Å². The van der Waals surface area contributed by atoms with E-state index < -0.39 is 5.54 Å². The van der Waals surface area contributed by atoms with Gasteiger partial charge in [-0.2, -0.15) is 0 Å². The Morgan fingerprint density at radius 1 is 0.667 bits per heavy atom. The second-order valence-corrected chi connectivity index (χ2v) is 9.48. The minimum absolute atomic E-state index is 0.0423. The van der Waals surface area contributed by atoms with Gasteiger partial charge in [-0.3, -0.25) is 9.69 Å². The van der Waals surface area contributed by atoms with Gasteiger partial charge in [-0.25, -0.2) is 0 Å². The minimum atomic E-state index is -0.605. The normalized spacial score (nSPS) is 23.6. The number of cyclic esters (lactones) is 1. The summed E-state index contributed by atoms with van der Waals surface area (Å²) in [6.07, 6.45) is -0.300. The summed E-state index contributed by atoms with van der Waals surface area (Å²) in [5, 5.41) is 0. The maximum Gasteiger partial charge on any atom is 0.325 e. The number of esters is 1. The number of hydrogen-bond acceptors (Lipinski definition) is 3. The van der Waals surface area contributed by atoms with Crippen molar-refractivity contribution < 1.29 is 9.53 Å². The number of morpholine rings is 1. The molecular weight excluding hydrogens is 474 g/mol. The summed E-state index contributed by atoms with van der Waals surface area (Å²) < 4.78 is 6.89. The number of halogens is 1. The molecule has 0 N–H and O–H groups in total. The summed E-state index contributed by atoms with van der Waals surface area (Å²) in [4.78, 5) is 15.5. The van der Waals surface area contributed by atoms with Gasteiger partial charge in [-0.1, -0.05) is 119 Å². The lowest BCUT2D eigenvalue weighted by Gasteiger charge is -2.40. The molecule has 2 aliphatic heterocycles. The molecule has 33 heavy (non-hydrogen) atoms. The van der Waals surface area contributed by atoms with Crippen LogP contribution in [0.4, 0.5) is 0 Å². The molecule has 4 atom stereocenters. The van der Waals surface area contributed by atoms with E-state index in [1.54, 1.807) is 0 Å². The van der Waals surface area contributed by atoms with E-state index in [0.29, 0.717) is 0 Å². The Morgan fingerprint density at radius 2 is 1.12 bits per heavy atom. The lowest BCUT2D eigenvalue weighted by Crippen LogP contribution is -2.42. The number of hydrogen-bond donors (Lipinski definition) is 0. The molecular formula is C29H22BrNO2. The summed E-state index contributed by atoms with van der Waals surface area (Å²) >= 11 is 3.51. The average Bonchev–Trinajstić information content (AvgIpc) is 3.52. The van der Waals surface area contributed by atoms with Gasteiger partial charge in [0.1, 0.15) is 12.1 Å². The van der Waals surface area contributed by atoms with Crippen LogP contribution in [0.25, 0.3) is 0 Å². The maximum atomic E-state index is 13.1. The van der Waals surface area contributed by atoms with Crippen LogP contribution in [-0.4, -0.2) is 23.0 Å². The predicted octanol–water partition coefficient (Wildman–Crippen LogP) is 6.09. The van der Waals surface area contributed by atoms with Crippen molar-refractivity contribution in [2.45, 2.75) is 23.7 Å². The molecule has 2 fully saturated rings. The van der Waals surface area contributed by atoms with Crippen LogP contribution in [0.2, 0.25) is 0 Å². The molecule has 0 saturated carbocycles. The van der Waals surface area contributed by atoms with E-state index in [9.17, 15) is 4.79 Å². The molecule has 2 saturated heterocycles. The molecule has 0 radical (unpaired) electrons. The Labute approximate surface area is 201 Å². The van der Waals surface area contributed by atoms with Crippen molar-refractivity contribution in [1.29, 1.82) is 0 Å². The number of nitrogens with zero attached hydrogens (tertiary/aromatic N) is 1. The zero-order valence-electron chi connectivity index (χ0n) is 17.8. The van der Waals surface area contributed by atoms with E-state index >= 15 is 0 Å². The molecule has 4 aromatic rings. The van der Waals surface area contributed by atoms with Crippen LogP contribution >= 0.6 is 15.9 Å². The first-order chi connectivity index (χ1) is 16.2. The molecule has 2 heterocycles. The number of carbonyl (C=O) groups excluding carboxylic acids is 1. The summed E-state index contributed by atoms with van der Waals surface area (Å²) in [5.74, 6) is -0.153. The number of carbonyl (C=O) groups is 1. The van der Waals surface area contributed by atoms with Crippen LogP contribution in [-0.2, 0) is 15.1 Å². The minimum Gasteiger partial charge on any atom is -0.455 e. The van der Waals surface area contributed by atoms with Crippen LogP contribution < -0.4 is 0 Å². The summed E-state index contributed by atoms with van der Waals surface area (Å²) in [6.45, 7) is 0. The zero-order valence-corrected chi connectivity index (χ0v) is 19.4. The van der Waals surface area contributed by atoms with Gasteiger partial charge in [0.05, 0.1) is 11.6 Å². The Balaban J connectivity index is 1.57. The standard InChI is InChI=1S/C29H22BrNO2/c30-24-18-16-20(17-19-24)27-25-26(28(32)33-27)31(25)29(21-10-4-1-5-11-21,22-12-6-2-7-13-22)23-14-8-3-9-15-23/h1-19,25-27H/t25-,26+,27-,31?/m1/s1. The van der Waals surface area contributed by atoms with Gasteiger partial charge in [-0.15, -0.1) is 0 Å². The molecule has 3 nitrogen and oxygen atoms in total. The number of fused-ring (bicyclic) bond motifs is 1. The highest BCUT2D eigenvalue weighted by atomic mass is 79.9. The van der Waals surface area contributed by atoms with Crippen molar-refractivity contribution in [2.75, 3.05) is 0 Å². The smallest absolute Gasteiger partial charge is 0.325 e. The Morgan fingerprint density at radius 3 is 1.58 bits per heavy atom. The third kappa shape index (κ3) is 3.17. The SMILES string of the molecule is O=C1O[C@H](c2ccc(Br)cc2)[C@H]2[C@@H]1N2C(c1ccccc1)(c1ccccc1)c1ccccc1. The van der Waals surface area contributed by atoms with Crippen molar-refractivity contribution >= 4 is 21.9 Å². The van der Waals surface area contributed by atoms with E-state index in [-0.39, 0.29) is 24.2 Å². The van der Waals surface area contributed by atoms with E-state index in [4.69, 9.17) is 4.74 Å². The predicted molar refractivity (Wildman–Crippen MR) is 132 cm³/mol. The lowest BCUT2D eigenvalue weighted by atomic mass is 9.76. The molecule has 4 heteroatoms. The molecule has 0 amide bonds. The van der Waals surface area contributed by atoms with Crippen molar-refractivity contribution in [3.8, 4) is 0 Å².